The van der Waals surface area contributed by atoms with Gasteiger partial charge >= 0.3 is 0 Å². The maximum absolute atomic E-state index is 13.8. The van der Waals surface area contributed by atoms with Crippen molar-refractivity contribution in [2.45, 2.75) is 64.6 Å². The molecule has 1 saturated heterocycles. The van der Waals surface area contributed by atoms with E-state index in [4.69, 9.17) is 0 Å². The Morgan fingerprint density at radius 2 is 1.47 bits per heavy atom. The molecule has 4 amide bonds. The van der Waals surface area contributed by atoms with Crippen LogP contribution >= 0.6 is 0 Å². The highest BCUT2D eigenvalue weighted by atomic mass is 16.2. The summed E-state index contributed by atoms with van der Waals surface area (Å²) in [7, 11) is 0. The first-order valence-electron chi connectivity index (χ1n) is 13.6. The molecule has 0 bridgehead atoms. The maximum atomic E-state index is 13.8. The quantitative estimate of drug-likeness (QED) is 0.364. The number of imide groups is 1. The molecule has 4 atom stereocenters. The highest BCUT2D eigenvalue weighted by Crippen LogP contribution is 2.35. The lowest BCUT2D eigenvalue weighted by atomic mass is 9.85. The van der Waals surface area contributed by atoms with Crippen LogP contribution in [0.5, 0.6) is 0 Å². The molecule has 0 spiro atoms. The first-order chi connectivity index (χ1) is 18.4. The van der Waals surface area contributed by atoms with Crippen molar-refractivity contribution in [1.82, 2.24) is 15.1 Å². The van der Waals surface area contributed by atoms with Crippen molar-refractivity contribution < 1.29 is 19.2 Å². The Morgan fingerprint density at radius 1 is 0.921 bits per heavy atom. The molecule has 2 aromatic carbocycles. The number of nitrogens with zero attached hydrogens (tertiary/aromatic N) is 2. The fourth-order valence-corrected chi connectivity index (χ4v) is 5.22. The monoisotopic (exact) mass is 515 g/mol. The predicted octanol–water partition coefficient (Wildman–Crippen LogP) is 3.88. The molecule has 1 N–H and O–H groups in total. The second-order valence-electron chi connectivity index (χ2n) is 10.3. The summed E-state index contributed by atoms with van der Waals surface area (Å²) in [5, 5.41) is 3.06. The number of carbonyl (C=O) groups excluding carboxylic acids is 4. The summed E-state index contributed by atoms with van der Waals surface area (Å²) >= 11 is 0. The van der Waals surface area contributed by atoms with Crippen LogP contribution < -0.4 is 5.32 Å². The fourth-order valence-electron chi connectivity index (χ4n) is 5.22. The van der Waals surface area contributed by atoms with Crippen LogP contribution in [0.2, 0.25) is 0 Å². The average molecular weight is 516 g/mol. The van der Waals surface area contributed by atoms with E-state index in [0.29, 0.717) is 19.3 Å². The lowest BCUT2D eigenvalue weighted by molar-refractivity contribution is -0.144. The molecule has 7 nitrogen and oxygen atoms in total. The molecule has 1 aliphatic carbocycles. The molecule has 200 valence electrons. The lowest BCUT2D eigenvalue weighted by Gasteiger charge is -2.32. The van der Waals surface area contributed by atoms with E-state index in [1.165, 1.54) is 4.90 Å². The van der Waals surface area contributed by atoms with Crippen molar-refractivity contribution in [2.24, 2.45) is 11.8 Å². The van der Waals surface area contributed by atoms with Crippen LogP contribution in [0, 0.1) is 11.8 Å². The third-order valence-corrected chi connectivity index (χ3v) is 7.62. The van der Waals surface area contributed by atoms with Gasteiger partial charge in [-0.15, -0.1) is 0 Å². The second kappa shape index (κ2) is 12.7. The highest BCUT2D eigenvalue weighted by Gasteiger charge is 2.47. The molecular weight excluding hydrogens is 478 g/mol. The van der Waals surface area contributed by atoms with Crippen LogP contribution in [0.15, 0.2) is 72.8 Å². The Labute approximate surface area is 224 Å². The first-order valence-corrected chi connectivity index (χ1v) is 13.6. The zero-order chi connectivity index (χ0) is 27.1. The number of likely N-dealkylation sites (tertiary alicyclic amines) is 1. The molecule has 0 saturated carbocycles. The van der Waals surface area contributed by atoms with Gasteiger partial charge < -0.3 is 10.2 Å². The van der Waals surface area contributed by atoms with Crippen LogP contribution in [0.3, 0.4) is 0 Å². The zero-order valence-corrected chi connectivity index (χ0v) is 22.2. The van der Waals surface area contributed by atoms with E-state index in [9.17, 15) is 19.2 Å². The second-order valence-corrected chi connectivity index (χ2v) is 10.3. The van der Waals surface area contributed by atoms with Gasteiger partial charge in [-0.25, -0.2) is 0 Å². The topological polar surface area (TPSA) is 86.8 Å². The largest absolute Gasteiger partial charge is 0.352 e. The third-order valence-electron chi connectivity index (χ3n) is 7.62. The van der Waals surface area contributed by atoms with Gasteiger partial charge in [-0.2, -0.15) is 0 Å². The summed E-state index contributed by atoms with van der Waals surface area (Å²) in [6.45, 7) is 4.23. The Morgan fingerprint density at radius 3 is 2.03 bits per heavy atom. The van der Waals surface area contributed by atoms with E-state index in [0.717, 1.165) is 17.5 Å². The molecule has 1 fully saturated rings. The number of hydrogen-bond acceptors (Lipinski definition) is 4. The minimum Gasteiger partial charge on any atom is -0.352 e. The summed E-state index contributed by atoms with van der Waals surface area (Å²) in [5.41, 5.74) is 1.85. The maximum Gasteiger partial charge on any atom is 0.243 e. The third kappa shape index (κ3) is 6.39. The summed E-state index contributed by atoms with van der Waals surface area (Å²) in [4.78, 5) is 56.1. The molecule has 0 unspecified atom stereocenters. The van der Waals surface area contributed by atoms with Gasteiger partial charge in [-0.3, -0.25) is 24.1 Å². The molecule has 4 rings (SSSR count). The molecule has 2 aromatic rings. The summed E-state index contributed by atoms with van der Waals surface area (Å²) in [6, 6.07) is 18.5. The minimum atomic E-state index is -0.740. The predicted molar refractivity (Wildman–Crippen MR) is 146 cm³/mol. The molecule has 0 radical (unpaired) electrons. The van der Waals surface area contributed by atoms with Crippen LogP contribution in [0.1, 0.15) is 50.7 Å². The van der Waals surface area contributed by atoms with E-state index < -0.39 is 6.04 Å². The van der Waals surface area contributed by atoms with E-state index in [1.807, 2.05) is 86.7 Å². The Kier molecular flexibility index (Phi) is 9.10. The molecule has 0 aromatic heterocycles. The SMILES string of the molecule is CC[C@@H](C)NC(=O)[C@@H](Cc1ccccc1)N(Cc1ccccc1)C(=O)CCN1C(=O)[C@H]2CC=CC[C@H]2C1=O. The minimum absolute atomic E-state index is 0.0276. The number of nitrogens with one attached hydrogen (secondary N) is 1. The Bertz CT molecular complexity index is 1140. The highest BCUT2D eigenvalue weighted by molar-refractivity contribution is 6.05. The van der Waals surface area contributed by atoms with Crippen LogP contribution in [-0.2, 0) is 32.1 Å². The number of fused-ring (bicyclic) bond motifs is 1. The number of rotatable bonds is 11. The van der Waals surface area contributed by atoms with Crippen molar-refractivity contribution in [2.75, 3.05) is 6.54 Å². The molecule has 2 aliphatic rings. The summed E-state index contributed by atoms with van der Waals surface area (Å²) in [6.07, 6.45) is 6.13. The van der Waals surface area contributed by atoms with Crippen molar-refractivity contribution in [1.29, 1.82) is 0 Å². The molecule has 38 heavy (non-hydrogen) atoms. The summed E-state index contributed by atoms with van der Waals surface area (Å²) in [5.74, 6) is -1.50. The van der Waals surface area contributed by atoms with Crippen LogP contribution in [0.4, 0.5) is 0 Å². The van der Waals surface area contributed by atoms with Gasteiger partial charge in [0.1, 0.15) is 6.04 Å². The fraction of sp³-hybridized carbons (Fsp3) is 0.419. The standard InChI is InChI=1S/C31H37N3O4/c1-3-22(2)32-29(36)27(20-23-12-6-4-7-13-23)34(21-24-14-8-5-9-15-24)28(35)18-19-33-30(37)25-16-10-11-17-26(25)31(33)38/h4-15,22,25-27H,3,16-21H2,1-2H3,(H,32,36)/t22-,25-,26+,27-/m1/s1. The number of carbonyl (C=O) groups is 4. The van der Waals surface area contributed by atoms with Crippen molar-refractivity contribution in [3.05, 3.63) is 83.9 Å². The van der Waals surface area contributed by atoms with Gasteiger partial charge in [-0.1, -0.05) is 79.7 Å². The lowest BCUT2D eigenvalue weighted by Crippen LogP contribution is -2.52. The Hall–Kier alpha value is -3.74. The smallest absolute Gasteiger partial charge is 0.243 e. The van der Waals surface area contributed by atoms with Gasteiger partial charge in [0.2, 0.25) is 23.6 Å². The molecule has 1 aliphatic heterocycles. The summed E-state index contributed by atoms with van der Waals surface area (Å²) < 4.78 is 0. The van der Waals surface area contributed by atoms with Gasteiger partial charge in [0.15, 0.2) is 0 Å². The Balaban J connectivity index is 1.57. The van der Waals surface area contributed by atoms with E-state index in [-0.39, 0.29) is 61.0 Å². The van der Waals surface area contributed by atoms with Crippen molar-refractivity contribution in [3.63, 3.8) is 0 Å². The molecule has 7 heteroatoms. The number of amides is 4. The number of hydrogen-bond donors (Lipinski definition) is 1. The van der Waals surface area contributed by atoms with Crippen LogP contribution in [-0.4, -0.2) is 52.1 Å². The van der Waals surface area contributed by atoms with E-state index >= 15 is 0 Å². The van der Waals surface area contributed by atoms with Crippen LogP contribution in [0.25, 0.3) is 0 Å². The van der Waals surface area contributed by atoms with Gasteiger partial charge in [0.25, 0.3) is 0 Å². The average Bonchev–Trinajstić information content (AvgIpc) is 3.19. The van der Waals surface area contributed by atoms with Crippen molar-refractivity contribution in [3.8, 4) is 0 Å². The van der Waals surface area contributed by atoms with Crippen molar-refractivity contribution >= 4 is 23.6 Å². The van der Waals surface area contributed by atoms with Gasteiger partial charge in [-0.05, 0) is 37.3 Å². The van der Waals surface area contributed by atoms with E-state index in [2.05, 4.69) is 5.32 Å². The van der Waals surface area contributed by atoms with Gasteiger partial charge in [0, 0.05) is 32.0 Å². The normalized spacial score (nSPS) is 20.1. The number of benzene rings is 2. The van der Waals surface area contributed by atoms with E-state index in [1.54, 1.807) is 4.90 Å². The molecular formula is C31H37N3O4. The zero-order valence-electron chi connectivity index (χ0n) is 22.2. The number of allylic oxidation sites excluding steroid dienone is 2. The first kappa shape index (κ1) is 27.3. The molecule has 1 heterocycles. The van der Waals surface area contributed by atoms with Gasteiger partial charge in [0.05, 0.1) is 11.8 Å².